The van der Waals surface area contributed by atoms with Crippen molar-refractivity contribution in [2.75, 3.05) is 29.9 Å². The highest BCUT2D eigenvalue weighted by Crippen LogP contribution is 2.35. The van der Waals surface area contributed by atoms with Gasteiger partial charge in [-0.3, -0.25) is 9.59 Å². The van der Waals surface area contributed by atoms with E-state index in [2.05, 4.69) is 15.2 Å². The monoisotopic (exact) mass is 572 g/mol. The number of carboxylic acid groups (broad SMARTS) is 1. The third-order valence-electron chi connectivity index (χ3n) is 7.75. The van der Waals surface area contributed by atoms with Gasteiger partial charge in [0, 0.05) is 42.5 Å². The number of hydrogen-bond donors (Lipinski definition) is 2. The Bertz CT molecular complexity index is 1360. The molecule has 0 saturated carbocycles. The minimum absolute atomic E-state index is 0.0974. The van der Waals surface area contributed by atoms with Crippen molar-refractivity contribution in [1.29, 1.82) is 0 Å². The van der Waals surface area contributed by atoms with Crippen molar-refractivity contribution < 1.29 is 37.1 Å². The third-order valence-corrected chi connectivity index (χ3v) is 7.75. The molecular weight excluding hydrogens is 541 g/mol. The predicted octanol–water partition coefficient (Wildman–Crippen LogP) is 5.36. The number of anilines is 2. The van der Waals surface area contributed by atoms with E-state index in [1.54, 1.807) is 42.5 Å². The molecule has 9 nitrogen and oxygen atoms in total. The lowest BCUT2D eigenvalue weighted by atomic mass is 9.92. The molecule has 0 bridgehead atoms. The van der Waals surface area contributed by atoms with Gasteiger partial charge in [0.25, 0.3) is 5.91 Å². The number of aliphatic carboxylic acids is 1. The van der Waals surface area contributed by atoms with Crippen molar-refractivity contribution in [3.05, 3.63) is 59.8 Å². The molecular formula is C29H31F3N4O5. The average molecular weight is 573 g/mol. The van der Waals surface area contributed by atoms with Gasteiger partial charge in [0.1, 0.15) is 6.04 Å². The molecule has 1 aliphatic carbocycles. The van der Waals surface area contributed by atoms with Crippen LogP contribution in [0.25, 0.3) is 5.57 Å². The quantitative estimate of drug-likeness (QED) is 0.479. The first-order valence-corrected chi connectivity index (χ1v) is 13.8. The van der Waals surface area contributed by atoms with Gasteiger partial charge >= 0.3 is 12.1 Å². The fraction of sp³-hybridized carbons (Fsp3) is 0.448. The van der Waals surface area contributed by atoms with Gasteiger partial charge in [0.15, 0.2) is 5.69 Å². The SMILES string of the molecule is O=C(Nc1ccc(N2CCC(C(=O)N3CCCCC3C(=O)O)CC2)cc1)c1nc(C2=CCCC=C2)oc1C(F)(F)F. The maximum Gasteiger partial charge on any atom is 0.452 e. The van der Waals surface area contributed by atoms with E-state index in [1.807, 2.05) is 0 Å². The summed E-state index contributed by atoms with van der Waals surface area (Å²) in [6.45, 7) is 1.65. The summed E-state index contributed by atoms with van der Waals surface area (Å²) < 4.78 is 45.8. The Morgan fingerprint density at radius 3 is 2.37 bits per heavy atom. The van der Waals surface area contributed by atoms with E-state index in [-0.39, 0.29) is 17.7 Å². The standard InChI is InChI=1S/C29H31F3N4O5/c30-29(31,32)24-23(34-26(41-24)18-6-2-1-3-7-18)25(37)33-20-9-11-21(12-10-20)35-16-13-19(14-17-35)27(38)36-15-5-4-8-22(36)28(39)40/h2,6-7,9-12,19,22H,1,3-5,8,13-17H2,(H,33,37)(H,39,40). The molecule has 2 aliphatic heterocycles. The number of nitrogens with zero attached hydrogens (tertiary/aromatic N) is 3. The van der Waals surface area contributed by atoms with Crippen LogP contribution < -0.4 is 10.2 Å². The van der Waals surface area contributed by atoms with Crippen molar-refractivity contribution in [3.8, 4) is 0 Å². The smallest absolute Gasteiger partial charge is 0.452 e. The molecule has 1 aromatic heterocycles. The molecule has 2 fully saturated rings. The highest BCUT2D eigenvalue weighted by molar-refractivity contribution is 6.04. The van der Waals surface area contributed by atoms with Gasteiger partial charge in [0.2, 0.25) is 17.6 Å². The molecule has 2 saturated heterocycles. The summed E-state index contributed by atoms with van der Waals surface area (Å²) in [5.41, 5.74) is 0.698. The van der Waals surface area contributed by atoms with Crippen LogP contribution in [0, 0.1) is 5.92 Å². The summed E-state index contributed by atoms with van der Waals surface area (Å²) in [5, 5.41) is 12.0. The molecule has 2 aromatic rings. The lowest BCUT2D eigenvalue weighted by molar-refractivity contribution is -0.154. The predicted molar refractivity (Wildman–Crippen MR) is 144 cm³/mol. The summed E-state index contributed by atoms with van der Waals surface area (Å²) >= 11 is 0. The highest BCUT2D eigenvalue weighted by atomic mass is 19.4. The largest absolute Gasteiger partial charge is 0.480 e. The van der Waals surface area contributed by atoms with Gasteiger partial charge in [0.05, 0.1) is 0 Å². The van der Waals surface area contributed by atoms with Crippen LogP contribution in [0.15, 0.2) is 46.9 Å². The van der Waals surface area contributed by atoms with Gasteiger partial charge in [-0.15, -0.1) is 0 Å². The van der Waals surface area contributed by atoms with Crippen LogP contribution in [0.1, 0.15) is 67.1 Å². The van der Waals surface area contributed by atoms with Gasteiger partial charge in [-0.2, -0.15) is 13.2 Å². The molecule has 3 aliphatic rings. The number of piperidine rings is 2. The molecule has 5 rings (SSSR count). The number of benzene rings is 1. The number of rotatable bonds is 6. The summed E-state index contributed by atoms with van der Waals surface area (Å²) in [7, 11) is 0. The number of halogens is 3. The minimum atomic E-state index is -4.89. The first kappa shape index (κ1) is 28.4. The van der Waals surface area contributed by atoms with Gasteiger partial charge in [-0.1, -0.05) is 18.2 Å². The van der Waals surface area contributed by atoms with Crippen molar-refractivity contribution in [3.63, 3.8) is 0 Å². The fourth-order valence-electron chi connectivity index (χ4n) is 5.58. The maximum absolute atomic E-state index is 13.6. The first-order valence-electron chi connectivity index (χ1n) is 13.8. The van der Waals surface area contributed by atoms with Crippen molar-refractivity contribution in [1.82, 2.24) is 9.88 Å². The molecule has 12 heteroatoms. The van der Waals surface area contributed by atoms with E-state index < -0.39 is 35.5 Å². The number of aromatic nitrogens is 1. The van der Waals surface area contributed by atoms with E-state index in [0.29, 0.717) is 56.6 Å². The van der Waals surface area contributed by atoms with Crippen LogP contribution in [0.3, 0.4) is 0 Å². The highest BCUT2D eigenvalue weighted by Gasteiger charge is 2.42. The van der Waals surface area contributed by atoms with E-state index >= 15 is 0 Å². The van der Waals surface area contributed by atoms with E-state index in [9.17, 15) is 32.7 Å². The second kappa shape index (κ2) is 11.8. The zero-order valence-corrected chi connectivity index (χ0v) is 22.3. The number of carboxylic acids is 1. The molecule has 2 N–H and O–H groups in total. The van der Waals surface area contributed by atoms with Crippen LogP contribution in [0.4, 0.5) is 24.5 Å². The third kappa shape index (κ3) is 6.31. The Morgan fingerprint density at radius 1 is 1.00 bits per heavy atom. The summed E-state index contributed by atoms with van der Waals surface area (Å²) in [5.74, 6) is -4.02. The number of oxazole rings is 1. The normalized spacial score (nSPS) is 20.1. The lowest BCUT2D eigenvalue weighted by Gasteiger charge is -2.39. The molecule has 1 atom stereocenters. The number of likely N-dealkylation sites (tertiary alicyclic amines) is 1. The van der Waals surface area contributed by atoms with Gasteiger partial charge in [-0.05, 0) is 69.2 Å². The molecule has 2 amide bonds. The fourth-order valence-corrected chi connectivity index (χ4v) is 5.58. The van der Waals surface area contributed by atoms with E-state index in [4.69, 9.17) is 4.42 Å². The molecule has 3 heterocycles. The second-order valence-electron chi connectivity index (χ2n) is 10.5. The molecule has 0 spiro atoms. The topological polar surface area (TPSA) is 116 Å². The number of carbonyl (C=O) groups is 3. The molecule has 41 heavy (non-hydrogen) atoms. The number of amides is 2. The van der Waals surface area contributed by atoms with Gasteiger partial charge < -0.3 is 24.6 Å². The molecule has 1 unspecified atom stereocenters. The van der Waals surface area contributed by atoms with Crippen LogP contribution in [0.2, 0.25) is 0 Å². The van der Waals surface area contributed by atoms with Crippen LogP contribution >= 0.6 is 0 Å². The first-order chi connectivity index (χ1) is 19.6. The number of allylic oxidation sites excluding steroid dienone is 4. The zero-order valence-electron chi connectivity index (χ0n) is 22.3. The number of carbonyl (C=O) groups excluding carboxylic acids is 2. The zero-order chi connectivity index (χ0) is 29.1. The maximum atomic E-state index is 13.6. The minimum Gasteiger partial charge on any atom is -0.480 e. The molecule has 218 valence electrons. The van der Waals surface area contributed by atoms with Gasteiger partial charge in [-0.25, -0.2) is 9.78 Å². The van der Waals surface area contributed by atoms with E-state index in [0.717, 1.165) is 24.9 Å². The molecule has 0 radical (unpaired) electrons. The average Bonchev–Trinajstić information content (AvgIpc) is 3.45. The van der Waals surface area contributed by atoms with Crippen molar-refractivity contribution in [2.45, 2.75) is 57.2 Å². The summed E-state index contributed by atoms with van der Waals surface area (Å²) in [4.78, 5) is 44.9. The van der Waals surface area contributed by atoms with Crippen molar-refractivity contribution in [2.24, 2.45) is 5.92 Å². The molecule has 1 aromatic carbocycles. The van der Waals surface area contributed by atoms with Crippen molar-refractivity contribution >= 4 is 34.7 Å². The summed E-state index contributed by atoms with van der Waals surface area (Å²) in [6, 6.07) is 5.93. The Hall–Kier alpha value is -4.09. The second-order valence-corrected chi connectivity index (χ2v) is 10.5. The Labute approximate surface area is 234 Å². The summed E-state index contributed by atoms with van der Waals surface area (Å²) in [6.07, 6.45) is 4.91. The number of alkyl halides is 3. The number of nitrogens with one attached hydrogen (secondary N) is 1. The van der Waals surface area contributed by atoms with Crippen LogP contribution in [-0.4, -0.2) is 58.5 Å². The van der Waals surface area contributed by atoms with Crippen LogP contribution in [0.5, 0.6) is 0 Å². The van der Waals surface area contributed by atoms with E-state index in [1.165, 1.54) is 4.90 Å². The van der Waals surface area contributed by atoms with Crippen LogP contribution in [-0.2, 0) is 15.8 Å². The lowest BCUT2D eigenvalue weighted by Crippen LogP contribution is -2.51. The number of hydrogen-bond acceptors (Lipinski definition) is 6. The Morgan fingerprint density at radius 2 is 1.73 bits per heavy atom. The Kier molecular flexibility index (Phi) is 8.18. The Balaban J connectivity index is 1.21.